The van der Waals surface area contributed by atoms with Crippen molar-refractivity contribution < 1.29 is 0 Å². The Morgan fingerprint density at radius 3 is 2.70 bits per heavy atom. The highest BCUT2D eigenvalue weighted by Gasteiger charge is 2.35. The first-order valence-electron chi connectivity index (χ1n) is 9.33. The molecular weight excluding hydrogens is 306 g/mol. The monoisotopic (exact) mass is 335 g/mol. The normalized spacial score (nSPS) is 27.3. The highest BCUT2D eigenvalue weighted by atomic mass is 35.5. The van der Waals surface area contributed by atoms with Crippen LogP contribution < -0.4 is 4.90 Å². The quantitative estimate of drug-likeness (QED) is 0.839. The van der Waals surface area contributed by atoms with Crippen LogP contribution in [0.4, 0.5) is 5.82 Å². The first-order chi connectivity index (χ1) is 10.8. The van der Waals surface area contributed by atoms with E-state index in [4.69, 9.17) is 4.98 Å². The Kier molecular flexibility index (Phi) is 5.48. The van der Waals surface area contributed by atoms with Crippen LogP contribution in [0.2, 0.25) is 0 Å². The number of hydrogen-bond donors (Lipinski definition) is 0. The van der Waals surface area contributed by atoms with Gasteiger partial charge in [0.05, 0.1) is 0 Å². The molecule has 1 aliphatic carbocycles. The summed E-state index contributed by atoms with van der Waals surface area (Å²) in [5.74, 6) is 2.07. The smallest absolute Gasteiger partial charge is 0.128 e. The van der Waals surface area contributed by atoms with Gasteiger partial charge in [0.25, 0.3) is 0 Å². The summed E-state index contributed by atoms with van der Waals surface area (Å²) < 4.78 is 0. The summed E-state index contributed by atoms with van der Waals surface area (Å²) in [5.41, 5.74) is 2.93. The maximum atomic E-state index is 5.06. The summed E-state index contributed by atoms with van der Waals surface area (Å²) in [6.07, 6.45) is 9.16. The van der Waals surface area contributed by atoms with Gasteiger partial charge in [-0.1, -0.05) is 13.0 Å². The van der Waals surface area contributed by atoms with Gasteiger partial charge in [-0.2, -0.15) is 0 Å². The van der Waals surface area contributed by atoms with Gasteiger partial charge in [-0.3, -0.25) is 4.90 Å². The van der Waals surface area contributed by atoms with Crippen molar-refractivity contribution in [3.63, 3.8) is 0 Å². The molecule has 23 heavy (non-hydrogen) atoms. The average Bonchev–Trinajstić information content (AvgIpc) is 3.08. The summed E-state index contributed by atoms with van der Waals surface area (Å²) in [6, 6.07) is 5.43. The lowest BCUT2D eigenvalue weighted by Crippen LogP contribution is -2.49. The largest absolute Gasteiger partial charge is 0.357 e. The van der Waals surface area contributed by atoms with Crippen LogP contribution in [0.15, 0.2) is 12.1 Å². The number of anilines is 1. The van der Waals surface area contributed by atoms with E-state index >= 15 is 0 Å². The molecule has 0 spiro atoms. The minimum atomic E-state index is 0. The Bertz CT molecular complexity index is 525. The molecule has 3 heterocycles. The number of pyridine rings is 1. The predicted molar refractivity (Wildman–Crippen MR) is 98.7 cm³/mol. The van der Waals surface area contributed by atoms with Crippen LogP contribution >= 0.6 is 12.4 Å². The van der Waals surface area contributed by atoms with E-state index in [0.29, 0.717) is 0 Å². The van der Waals surface area contributed by atoms with Crippen molar-refractivity contribution in [3.05, 3.63) is 23.4 Å². The standard InChI is InChI=1S/C19H29N3.ClH/c1-2-9-21-12-5-6-16-13-17-15(14-18(16)21)7-8-19(20-17)22-10-3-4-11-22;/h7-8,16,18H,2-6,9-14H2,1H3;1H/t16-,18-;/m1./s1. The molecule has 0 aromatic carbocycles. The van der Waals surface area contributed by atoms with Crippen molar-refractivity contribution in [1.29, 1.82) is 0 Å². The summed E-state index contributed by atoms with van der Waals surface area (Å²) in [6.45, 7) is 7.29. The van der Waals surface area contributed by atoms with Gasteiger partial charge in [0, 0.05) is 24.8 Å². The molecule has 2 fully saturated rings. The van der Waals surface area contributed by atoms with Crippen molar-refractivity contribution in [3.8, 4) is 0 Å². The Hall–Kier alpha value is -0.800. The van der Waals surface area contributed by atoms with Gasteiger partial charge in [0.15, 0.2) is 0 Å². The fraction of sp³-hybridized carbons (Fsp3) is 0.737. The number of halogens is 1. The number of aromatic nitrogens is 1. The fourth-order valence-corrected chi connectivity index (χ4v) is 4.79. The van der Waals surface area contributed by atoms with Crippen molar-refractivity contribution >= 4 is 18.2 Å². The molecule has 0 bridgehead atoms. The van der Waals surface area contributed by atoms with Crippen LogP contribution in [-0.2, 0) is 12.8 Å². The van der Waals surface area contributed by atoms with E-state index in [1.807, 2.05) is 0 Å². The van der Waals surface area contributed by atoms with Gasteiger partial charge in [0.2, 0.25) is 0 Å². The molecule has 0 amide bonds. The molecule has 4 rings (SSSR count). The Labute approximate surface area is 146 Å². The summed E-state index contributed by atoms with van der Waals surface area (Å²) in [4.78, 5) is 10.3. The number of rotatable bonds is 3. The Balaban J connectivity index is 0.00000156. The third-order valence-electron chi connectivity index (χ3n) is 5.91. The fourth-order valence-electron chi connectivity index (χ4n) is 4.79. The molecule has 2 aliphatic heterocycles. The highest BCUT2D eigenvalue weighted by Crippen LogP contribution is 2.35. The maximum Gasteiger partial charge on any atom is 0.128 e. The zero-order valence-electron chi connectivity index (χ0n) is 14.3. The SMILES string of the molecule is CCCN1CCC[C@@H]2Cc3nc(N4CCCC4)ccc3C[C@H]21.Cl. The molecule has 1 aromatic heterocycles. The summed E-state index contributed by atoms with van der Waals surface area (Å²) in [5, 5.41) is 0. The highest BCUT2D eigenvalue weighted by molar-refractivity contribution is 5.85. The van der Waals surface area contributed by atoms with Crippen LogP contribution in [0.25, 0.3) is 0 Å². The van der Waals surface area contributed by atoms with Crippen molar-refractivity contribution in [2.45, 2.75) is 57.9 Å². The summed E-state index contributed by atoms with van der Waals surface area (Å²) in [7, 11) is 0. The van der Waals surface area contributed by atoms with Gasteiger partial charge in [0.1, 0.15) is 5.82 Å². The van der Waals surface area contributed by atoms with E-state index in [1.165, 1.54) is 88.2 Å². The minimum absolute atomic E-state index is 0. The van der Waals surface area contributed by atoms with Gasteiger partial charge in [-0.05, 0) is 75.6 Å². The van der Waals surface area contributed by atoms with Crippen LogP contribution in [0.3, 0.4) is 0 Å². The van der Waals surface area contributed by atoms with Gasteiger partial charge in [-0.25, -0.2) is 4.98 Å². The minimum Gasteiger partial charge on any atom is -0.357 e. The molecule has 0 saturated carbocycles. The Morgan fingerprint density at radius 1 is 1.09 bits per heavy atom. The molecule has 3 aliphatic rings. The van der Waals surface area contributed by atoms with Crippen LogP contribution in [0.5, 0.6) is 0 Å². The predicted octanol–water partition coefficient (Wildman–Crippen LogP) is 3.69. The first kappa shape index (κ1) is 17.0. The number of likely N-dealkylation sites (tertiary alicyclic amines) is 1. The lowest BCUT2D eigenvalue weighted by Gasteiger charge is -2.44. The topological polar surface area (TPSA) is 19.4 Å². The molecular formula is C19H30ClN3. The number of piperidine rings is 1. The van der Waals surface area contributed by atoms with E-state index < -0.39 is 0 Å². The molecule has 128 valence electrons. The van der Waals surface area contributed by atoms with Gasteiger partial charge < -0.3 is 4.90 Å². The summed E-state index contributed by atoms with van der Waals surface area (Å²) >= 11 is 0. The zero-order chi connectivity index (χ0) is 14.9. The van der Waals surface area contributed by atoms with Crippen LogP contribution in [-0.4, -0.2) is 42.1 Å². The second-order valence-corrected chi connectivity index (χ2v) is 7.38. The third-order valence-corrected chi connectivity index (χ3v) is 5.91. The maximum absolute atomic E-state index is 5.06. The van der Waals surface area contributed by atoms with E-state index in [-0.39, 0.29) is 12.4 Å². The number of fused-ring (bicyclic) bond motifs is 2. The lowest BCUT2D eigenvalue weighted by molar-refractivity contribution is 0.0846. The number of nitrogens with zero attached hydrogens (tertiary/aromatic N) is 3. The second-order valence-electron chi connectivity index (χ2n) is 7.38. The van der Waals surface area contributed by atoms with E-state index in [9.17, 15) is 0 Å². The van der Waals surface area contributed by atoms with Gasteiger partial charge >= 0.3 is 0 Å². The number of hydrogen-bond acceptors (Lipinski definition) is 3. The van der Waals surface area contributed by atoms with E-state index in [2.05, 4.69) is 28.9 Å². The van der Waals surface area contributed by atoms with E-state index in [0.717, 1.165) is 12.0 Å². The van der Waals surface area contributed by atoms with E-state index in [1.54, 1.807) is 0 Å². The lowest BCUT2D eigenvalue weighted by atomic mass is 9.77. The average molecular weight is 336 g/mol. The van der Waals surface area contributed by atoms with Crippen molar-refractivity contribution in [1.82, 2.24) is 9.88 Å². The third kappa shape index (κ3) is 3.36. The molecule has 4 heteroatoms. The van der Waals surface area contributed by atoms with Gasteiger partial charge in [-0.15, -0.1) is 12.4 Å². The molecule has 0 N–H and O–H groups in total. The molecule has 2 atom stereocenters. The van der Waals surface area contributed by atoms with Crippen LogP contribution in [0, 0.1) is 5.92 Å². The second kappa shape index (κ2) is 7.40. The molecule has 1 aromatic rings. The molecule has 3 nitrogen and oxygen atoms in total. The van der Waals surface area contributed by atoms with Crippen molar-refractivity contribution in [2.75, 3.05) is 31.1 Å². The zero-order valence-corrected chi connectivity index (χ0v) is 15.2. The first-order valence-corrected chi connectivity index (χ1v) is 9.33. The molecule has 2 saturated heterocycles. The van der Waals surface area contributed by atoms with Crippen LogP contribution in [0.1, 0.15) is 50.3 Å². The molecule has 0 radical (unpaired) electrons. The Morgan fingerprint density at radius 2 is 1.91 bits per heavy atom. The van der Waals surface area contributed by atoms with Crippen molar-refractivity contribution in [2.24, 2.45) is 5.92 Å². The molecule has 0 unspecified atom stereocenters.